The van der Waals surface area contributed by atoms with E-state index in [1.807, 2.05) is 0 Å². The Hall–Kier alpha value is -0.120. The molecule has 3 heteroatoms. The molecular formula is C13H25NO2. The predicted octanol–water partition coefficient (Wildman–Crippen LogP) is 1.70. The highest BCUT2D eigenvalue weighted by atomic mass is 16.5. The highest BCUT2D eigenvalue weighted by molar-refractivity contribution is 4.88. The minimum atomic E-state index is -0.601. The fourth-order valence-electron chi connectivity index (χ4n) is 3.02. The molecule has 3 atom stereocenters. The Labute approximate surface area is 98.6 Å². The van der Waals surface area contributed by atoms with E-state index in [2.05, 4.69) is 12.2 Å². The zero-order valence-electron chi connectivity index (χ0n) is 10.4. The number of nitrogens with one attached hydrogen (secondary N) is 1. The summed E-state index contributed by atoms with van der Waals surface area (Å²) in [6.07, 6.45) is 7.38. The van der Waals surface area contributed by atoms with E-state index in [0.29, 0.717) is 25.8 Å². The lowest BCUT2D eigenvalue weighted by Gasteiger charge is -2.34. The third kappa shape index (κ3) is 2.96. The molecule has 0 radical (unpaired) electrons. The smallest absolute Gasteiger partial charge is 0.102 e. The normalized spacial score (nSPS) is 40.1. The Morgan fingerprint density at radius 3 is 2.88 bits per heavy atom. The molecule has 1 saturated carbocycles. The summed E-state index contributed by atoms with van der Waals surface area (Å²) in [6.45, 7) is 4.19. The molecule has 0 aromatic rings. The van der Waals surface area contributed by atoms with Crippen molar-refractivity contribution in [2.45, 2.75) is 57.1 Å². The van der Waals surface area contributed by atoms with Crippen molar-refractivity contribution in [3.8, 4) is 0 Å². The number of aliphatic hydroxyl groups is 1. The van der Waals surface area contributed by atoms with Crippen molar-refractivity contribution < 1.29 is 9.84 Å². The fourth-order valence-corrected chi connectivity index (χ4v) is 3.02. The Bertz CT molecular complexity index is 214. The standard InChI is InChI=1S/C13H25NO2/c1-2-11-5-3-4-6-12(11)14-9-13(15)7-8-16-10-13/h11-12,14-15H,2-10H2,1H3. The second-order valence-electron chi connectivity index (χ2n) is 5.47. The summed E-state index contributed by atoms with van der Waals surface area (Å²) in [7, 11) is 0. The van der Waals surface area contributed by atoms with Crippen LogP contribution in [0, 0.1) is 5.92 Å². The Kier molecular flexibility index (Phi) is 4.22. The van der Waals surface area contributed by atoms with Gasteiger partial charge in [0.05, 0.1) is 6.61 Å². The molecule has 1 aliphatic heterocycles. The van der Waals surface area contributed by atoms with Crippen molar-refractivity contribution in [2.75, 3.05) is 19.8 Å². The van der Waals surface area contributed by atoms with Crippen molar-refractivity contribution in [3.63, 3.8) is 0 Å². The van der Waals surface area contributed by atoms with Gasteiger partial charge >= 0.3 is 0 Å². The first kappa shape index (κ1) is 12.3. The molecule has 0 aromatic carbocycles. The van der Waals surface area contributed by atoms with Crippen molar-refractivity contribution in [3.05, 3.63) is 0 Å². The van der Waals surface area contributed by atoms with Crippen LogP contribution in [-0.4, -0.2) is 36.5 Å². The van der Waals surface area contributed by atoms with Gasteiger partial charge < -0.3 is 15.2 Å². The summed E-state index contributed by atoms with van der Waals surface area (Å²) in [5.41, 5.74) is -0.601. The molecule has 16 heavy (non-hydrogen) atoms. The van der Waals surface area contributed by atoms with Crippen LogP contribution in [0.1, 0.15) is 45.4 Å². The summed E-state index contributed by atoms with van der Waals surface area (Å²) in [4.78, 5) is 0. The van der Waals surface area contributed by atoms with Gasteiger partial charge in [0.2, 0.25) is 0 Å². The molecule has 2 rings (SSSR count). The van der Waals surface area contributed by atoms with Gasteiger partial charge in [-0.2, -0.15) is 0 Å². The van der Waals surface area contributed by atoms with Crippen LogP contribution in [0.3, 0.4) is 0 Å². The highest BCUT2D eigenvalue weighted by Crippen LogP contribution is 2.27. The number of rotatable bonds is 4. The highest BCUT2D eigenvalue weighted by Gasteiger charge is 2.33. The molecule has 2 N–H and O–H groups in total. The van der Waals surface area contributed by atoms with E-state index in [1.54, 1.807) is 0 Å². The van der Waals surface area contributed by atoms with Gasteiger partial charge in [0, 0.05) is 25.6 Å². The molecular weight excluding hydrogens is 202 g/mol. The molecule has 3 unspecified atom stereocenters. The van der Waals surface area contributed by atoms with Gasteiger partial charge in [-0.05, 0) is 18.8 Å². The van der Waals surface area contributed by atoms with Gasteiger partial charge in [0.1, 0.15) is 5.60 Å². The average molecular weight is 227 g/mol. The molecule has 3 nitrogen and oxygen atoms in total. The minimum absolute atomic E-state index is 0.503. The molecule has 1 aliphatic carbocycles. The first-order valence-electron chi connectivity index (χ1n) is 6.77. The van der Waals surface area contributed by atoms with Crippen molar-refractivity contribution in [1.29, 1.82) is 0 Å². The quantitative estimate of drug-likeness (QED) is 0.768. The second kappa shape index (κ2) is 5.48. The van der Waals surface area contributed by atoms with E-state index in [1.165, 1.54) is 32.1 Å². The predicted molar refractivity (Wildman–Crippen MR) is 64.4 cm³/mol. The molecule has 1 saturated heterocycles. The van der Waals surface area contributed by atoms with Gasteiger partial charge in [0.15, 0.2) is 0 Å². The van der Waals surface area contributed by atoms with Crippen LogP contribution in [-0.2, 0) is 4.74 Å². The first-order valence-corrected chi connectivity index (χ1v) is 6.77. The van der Waals surface area contributed by atoms with E-state index in [-0.39, 0.29) is 0 Å². The maximum atomic E-state index is 10.2. The largest absolute Gasteiger partial charge is 0.386 e. The van der Waals surface area contributed by atoms with Crippen LogP contribution in [0.5, 0.6) is 0 Å². The fraction of sp³-hybridized carbons (Fsp3) is 1.00. The Balaban J connectivity index is 1.79. The van der Waals surface area contributed by atoms with Gasteiger partial charge in [-0.25, -0.2) is 0 Å². The van der Waals surface area contributed by atoms with Crippen molar-refractivity contribution in [2.24, 2.45) is 5.92 Å². The lowest BCUT2D eigenvalue weighted by atomic mass is 9.82. The summed E-state index contributed by atoms with van der Waals surface area (Å²) in [6, 6.07) is 0.614. The summed E-state index contributed by atoms with van der Waals surface area (Å²) in [5.74, 6) is 0.805. The SMILES string of the molecule is CCC1CCCCC1NCC1(O)CCOC1. The van der Waals surface area contributed by atoms with Crippen LogP contribution in [0.25, 0.3) is 0 Å². The molecule has 2 aliphatic rings. The van der Waals surface area contributed by atoms with Crippen LogP contribution in [0.4, 0.5) is 0 Å². The Morgan fingerprint density at radius 1 is 1.38 bits per heavy atom. The maximum Gasteiger partial charge on any atom is 0.102 e. The number of hydrogen-bond donors (Lipinski definition) is 2. The third-order valence-electron chi connectivity index (χ3n) is 4.21. The molecule has 0 aromatic heterocycles. The molecule has 0 bridgehead atoms. The first-order chi connectivity index (χ1) is 7.73. The molecule has 0 spiro atoms. The maximum absolute atomic E-state index is 10.2. The lowest BCUT2D eigenvalue weighted by Crippen LogP contribution is -2.48. The molecule has 1 heterocycles. The van der Waals surface area contributed by atoms with E-state index in [0.717, 1.165) is 12.3 Å². The van der Waals surface area contributed by atoms with Crippen LogP contribution in [0.2, 0.25) is 0 Å². The van der Waals surface area contributed by atoms with E-state index >= 15 is 0 Å². The molecule has 94 valence electrons. The van der Waals surface area contributed by atoms with Crippen molar-refractivity contribution >= 4 is 0 Å². The van der Waals surface area contributed by atoms with E-state index in [9.17, 15) is 5.11 Å². The third-order valence-corrected chi connectivity index (χ3v) is 4.21. The summed E-state index contributed by atoms with van der Waals surface area (Å²) < 4.78 is 5.26. The Morgan fingerprint density at radius 2 is 2.19 bits per heavy atom. The number of ether oxygens (including phenoxy) is 1. The topological polar surface area (TPSA) is 41.5 Å². The van der Waals surface area contributed by atoms with E-state index < -0.39 is 5.60 Å². The second-order valence-corrected chi connectivity index (χ2v) is 5.47. The minimum Gasteiger partial charge on any atom is -0.386 e. The van der Waals surface area contributed by atoms with Gasteiger partial charge in [0.25, 0.3) is 0 Å². The monoisotopic (exact) mass is 227 g/mol. The zero-order chi connectivity index (χ0) is 11.4. The molecule has 2 fully saturated rings. The van der Waals surface area contributed by atoms with Gasteiger partial charge in [-0.3, -0.25) is 0 Å². The van der Waals surface area contributed by atoms with Crippen molar-refractivity contribution in [1.82, 2.24) is 5.32 Å². The lowest BCUT2D eigenvalue weighted by molar-refractivity contribution is 0.0214. The zero-order valence-corrected chi connectivity index (χ0v) is 10.4. The van der Waals surface area contributed by atoms with E-state index in [4.69, 9.17) is 4.74 Å². The van der Waals surface area contributed by atoms with Gasteiger partial charge in [-0.1, -0.05) is 26.2 Å². The van der Waals surface area contributed by atoms with Crippen LogP contribution < -0.4 is 5.32 Å². The summed E-state index contributed by atoms with van der Waals surface area (Å²) >= 11 is 0. The van der Waals surface area contributed by atoms with Crippen LogP contribution in [0.15, 0.2) is 0 Å². The van der Waals surface area contributed by atoms with Gasteiger partial charge in [-0.15, -0.1) is 0 Å². The average Bonchev–Trinajstić information content (AvgIpc) is 2.74. The summed E-state index contributed by atoms with van der Waals surface area (Å²) in [5, 5.41) is 13.8. The van der Waals surface area contributed by atoms with Crippen LogP contribution >= 0.6 is 0 Å². The molecule has 0 amide bonds. The number of hydrogen-bond acceptors (Lipinski definition) is 3.